The summed E-state index contributed by atoms with van der Waals surface area (Å²) in [6, 6.07) is 15.0. The Bertz CT molecular complexity index is 1050. The van der Waals surface area contributed by atoms with Crippen LogP contribution < -0.4 is 10.5 Å². The number of hydrogen-bond donors (Lipinski definition) is 1. The van der Waals surface area contributed by atoms with Gasteiger partial charge in [-0.05, 0) is 37.6 Å². The van der Waals surface area contributed by atoms with Crippen LogP contribution in [0.15, 0.2) is 71.3 Å². The van der Waals surface area contributed by atoms with Crippen LogP contribution in [0.4, 0.5) is 4.39 Å². The molecule has 0 radical (unpaired) electrons. The number of nitriles is 1. The molecule has 0 aliphatic carbocycles. The molecule has 154 valence electrons. The number of ether oxygens (including phenoxy) is 3. The van der Waals surface area contributed by atoms with Gasteiger partial charge < -0.3 is 19.9 Å². The molecular formula is C23H21FN2O4. The fraction of sp³-hybridized carbons (Fsp3) is 0.217. The second-order valence-corrected chi connectivity index (χ2v) is 6.57. The number of allylic oxidation sites excluding steroid dienone is 2. The lowest BCUT2D eigenvalue weighted by Gasteiger charge is -2.28. The van der Waals surface area contributed by atoms with Gasteiger partial charge in [0.2, 0.25) is 5.88 Å². The van der Waals surface area contributed by atoms with Crippen LogP contribution in [0.3, 0.4) is 0 Å². The molecule has 1 atom stereocenters. The van der Waals surface area contributed by atoms with E-state index in [9.17, 15) is 14.4 Å². The number of esters is 1. The molecule has 2 aromatic carbocycles. The van der Waals surface area contributed by atoms with Gasteiger partial charge in [0.25, 0.3) is 0 Å². The Labute approximate surface area is 174 Å². The van der Waals surface area contributed by atoms with Crippen molar-refractivity contribution < 1.29 is 23.4 Å². The van der Waals surface area contributed by atoms with Gasteiger partial charge >= 0.3 is 5.97 Å². The Hall–Kier alpha value is -3.79. The van der Waals surface area contributed by atoms with Crippen molar-refractivity contribution in [2.75, 3.05) is 6.61 Å². The SMILES string of the molecule is CCOC(=O)C1=C(C)OC(N)=C(C#N)C1c1ccccc1OCc1ccc(F)cc1. The molecule has 7 heteroatoms. The van der Waals surface area contributed by atoms with Crippen molar-refractivity contribution in [1.29, 1.82) is 5.26 Å². The molecule has 0 amide bonds. The third-order valence-corrected chi connectivity index (χ3v) is 4.64. The van der Waals surface area contributed by atoms with Crippen LogP contribution in [0.1, 0.15) is 30.9 Å². The molecule has 1 aliphatic rings. The van der Waals surface area contributed by atoms with Gasteiger partial charge in [-0.15, -0.1) is 0 Å². The van der Waals surface area contributed by atoms with E-state index in [0.29, 0.717) is 11.3 Å². The normalized spacial score (nSPS) is 16.0. The molecule has 1 aliphatic heterocycles. The summed E-state index contributed by atoms with van der Waals surface area (Å²) in [7, 11) is 0. The molecule has 2 aromatic rings. The second-order valence-electron chi connectivity index (χ2n) is 6.57. The zero-order chi connectivity index (χ0) is 21.7. The standard InChI is InChI=1S/C23H21FN2O4/c1-3-28-23(27)20-14(2)30-22(26)18(12-25)21(20)17-6-4-5-7-19(17)29-13-15-8-10-16(24)11-9-15/h4-11,21H,3,13,26H2,1-2H3. The number of nitrogens with two attached hydrogens (primary N) is 1. The minimum atomic E-state index is -0.799. The zero-order valence-corrected chi connectivity index (χ0v) is 16.6. The summed E-state index contributed by atoms with van der Waals surface area (Å²) in [5.41, 5.74) is 7.58. The number of para-hydroxylation sites is 1. The summed E-state index contributed by atoms with van der Waals surface area (Å²) in [4.78, 5) is 12.7. The van der Waals surface area contributed by atoms with Crippen LogP contribution in [0.5, 0.6) is 5.75 Å². The molecule has 2 N–H and O–H groups in total. The number of nitrogens with zero attached hydrogens (tertiary/aromatic N) is 1. The second kappa shape index (κ2) is 9.14. The molecule has 0 bridgehead atoms. The maximum Gasteiger partial charge on any atom is 0.338 e. The number of rotatable bonds is 6. The summed E-state index contributed by atoms with van der Waals surface area (Å²) >= 11 is 0. The summed E-state index contributed by atoms with van der Waals surface area (Å²) in [6.45, 7) is 3.65. The third kappa shape index (κ3) is 4.28. The Morgan fingerprint density at radius 2 is 1.93 bits per heavy atom. The number of halogens is 1. The van der Waals surface area contributed by atoms with E-state index in [2.05, 4.69) is 0 Å². The largest absolute Gasteiger partial charge is 0.489 e. The van der Waals surface area contributed by atoms with Crippen molar-refractivity contribution in [2.24, 2.45) is 5.73 Å². The predicted molar refractivity (Wildman–Crippen MR) is 107 cm³/mol. The first kappa shape index (κ1) is 20.9. The molecule has 3 rings (SSSR count). The first-order valence-electron chi connectivity index (χ1n) is 9.37. The summed E-state index contributed by atoms with van der Waals surface area (Å²) in [5.74, 6) is -1.06. The van der Waals surface area contributed by atoms with E-state index < -0.39 is 11.9 Å². The van der Waals surface area contributed by atoms with E-state index in [-0.39, 0.29) is 41.8 Å². The van der Waals surface area contributed by atoms with Crippen molar-refractivity contribution in [3.8, 4) is 11.8 Å². The topological polar surface area (TPSA) is 94.6 Å². The smallest absolute Gasteiger partial charge is 0.338 e. The summed E-state index contributed by atoms with van der Waals surface area (Å²) < 4.78 is 29.7. The molecule has 1 heterocycles. The van der Waals surface area contributed by atoms with E-state index in [4.69, 9.17) is 19.9 Å². The fourth-order valence-electron chi connectivity index (χ4n) is 3.26. The van der Waals surface area contributed by atoms with Gasteiger partial charge in [-0.3, -0.25) is 0 Å². The van der Waals surface area contributed by atoms with Crippen molar-refractivity contribution in [3.05, 3.63) is 88.3 Å². The number of hydrogen-bond acceptors (Lipinski definition) is 6. The van der Waals surface area contributed by atoms with Gasteiger partial charge in [0.15, 0.2) is 0 Å². The summed E-state index contributed by atoms with van der Waals surface area (Å²) in [5, 5.41) is 9.71. The van der Waals surface area contributed by atoms with Crippen molar-refractivity contribution in [2.45, 2.75) is 26.4 Å². The van der Waals surface area contributed by atoms with Crippen molar-refractivity contribution >= 4 is 5.97 Å². The van der Waals surface area contributed by atoms with Crippen LogP contribution in [0.25, 0.3) is 0 Å². The monoisotopic (exact) mass is 408 g/mol. The van der Waals surface area contributed by atoms with E-state index in [1.54, 1.807) is 50.2 Å². The molecule has 0 saturated heterocycles. The lowest BCUT2D eigenvalue weighted by Crippen LogP contribution is -2.26. The van der Waals surface area contributed by atoms with Gasteiger partial charge in [0.1, 0.15) is 35.6 Å². The Balaban J connectivity index is 2.02. The Morgan fingerprint density at radius 1 is 1.23 bits per heavy atom. The molecule has 0 fully saturated rings. The van der Waals surface area contributed by atoms with Gasteiger partial charge in [-0.25, -0.2) is 9.18 Å². The van der Waals surface area contributed by atoms with E-state index >= 15 is 0 Å². The quantitative estimate of drug-likeness (QED) is 0.725. The van der Waals surface area contributed by atoms with Crippen LogP contribution in [-0.2, 0) is 20.9 Å². The third-order valence-electron chi connectivity index (χ3n) is 4.64. The first-order chi connectivity index (χ1) is 14.5. The molecule has 0 spiro atoms. The maximum absolute atomic E-state index is 13.1. The molecule has 0 aromatic heterocycles. The average molecular weight is 408 g/mol. The minimum absolute atomic E-state index is 0.0682. The molecule has 1 unspecified atom stereocenters. The minimum Gasteiger partial charge on any atom is -0.489 e. The van der Waals surface area contributed by atoms with Crippen LogP contribution in [0, 0.1) is 17.1 Å². The zero-order valence-electron chi connectivity index (χ0n) is 16.6. The highest BCUT2D eigenvalue weighted by Crippen LogP contribution is 2.43. The predicted octanol–water partition coefficient (Wildman–Crippen LogP) is 4.05. The van der Waals surface area contributed by atoms with Gasteiger partial charge in [-0.2, -0.15) is 5.26 Å². The van der Waals surface area contributed by atoms with E-state index in [1.807, 2.05) is 6.07 Å². The lowest BCUT2D eigenvalue weighted by atomic mass is 9.82. The number of carbonyl (C=O) groups excluding carboxylic acids is 1. The number of carbonyl (C=O) groups is 1. The highest BCUT2D eigenvalue weighted by atomic mass is 19.1. The molecule has 30 heavy (non-hydrogen) atoms. The highest BCUT2D eigenvalue weighted by molar-refractivity contribution is 5.92. The molecular weight excluding hydrogens is 387 g/mol. The first-order valence-corrected chi connectivity index (χ1v) is 9.37. The Morgan fingerprint density at radius 3 is 2.60 bits per heavy atom. The number of benzene rings is 2. The van der Waals surface area contributed by atoms with Crippen molar-refractivity contribution in [1.82, 2.24) is 0 Å². The molecule has 0 saturated carbocycles. The molecule has 6 nitrogen and oxygen atoms in total. The Kier molecular flexibility index (Phi) is 6.38. The van der Waals surface area contributed by atoms with E-state index in [1.165, 1.54) is 12.1 Å². The van der Waals surface area contributed by atoms with Gasteiger partial charge in [-0.1, -0.05) is 30.3 Å². The van der Waals surface area contributed by atoms with Crippen LogP contribution in [-0.4, -0.2) is 12.6 Å². The lowest BCUT2D eigenvalue weighted by molar-refractivity contribution is -0.139. The highest BCUT2D eigenvalue weighted by Gasteiger charge is 2.37. The average Bonchev–Trinajstić information content (AvgIpc) is 2.73. The maximum atomic E-state index is 13.1. The van der Waals surface area contributed by atoms with Crippen LogP contribution in [0.2, 0.25) is 0 Å². The van der Waals surface area contributed by atoms with Gasteiger partial charge in [0, 0.05) is 5.56 Å². The van der Waals surface area contributed by atoms with Crippen LogP contribution >= 0.6 is 0 Å². The summed E-state index contributed by atoms with van der Waals surface area (Å²) in [6.07, 6.45) is 0. The fourth-order valence-corrected chi connectivity index (χ4v) is 3.26. The van der Waals surface area contributed by atoms with Gasteiger partial charge in [0.05, 0.1) is 18.1 Å². The van der Waals surface area contributed by atoms with Crippen molar-refractivity contribution in [3.63, 3.8) is 0 Å². The van der Waals surface area contributed by atoms with E-state index in [0.717, 1.165) is 5.56 Å².